The summed E-state index contributed by atoms with van der Waals surface area (Å²) < 4.78 is 10.3. The molecule has 2 N–H and O–H groups in total. The lowest BCUT2D eigenvalue weighted by molar-refractivity contribution is -0.118. The number of ether oxygens (including phenoxy) is 2. The predicted molar refractivity (Wildman–Crippen MR) is 54.5 cm³/mol. The number of methoxy groups -OCH3 is 1. The maximum atomic E-state index is 11.2. The molecule has 15 heavy (non-hydrogen) atoms. The Hall–Kier alpha value is -1.98. The van der Waals surface area contributed by atoms with E-state index in [0.717, 1.165) is 0 Å². The number of nitrogens with zero attached hydrogens (tertiary/aromatic N) is 1. The number of nitrogens with one attached hydrogen (secondary N) is 2. The lowest BCUT2D eigenvalue weighted by atomic mass is 10.3. The van der Waals surface area contributed by atoms with Crippen LogP contribution in [0.5, 0.6) is 11.6 Å². The molecule has 1 aromatic heterocycles. The Kier molecular flexibility index (Phi) is 2.32. The van der Waals surface area contributed by atoms with Gasteiger partial charge in [0.25, 0.3) is 5.91 Å². The van der Waals surface area contributed by atoms with E-state index in [4.69, 9.17) is 9.47 Å². The van der Waals surface area contributed by atoms with Gasteiger partial charge >= 0.3 is 0 Å². The summed E-state index contributed by atoms with van der Waals surface area (Å²) in [5, 5.41) is 5.58. The van der Waals surface area contributed by atoms with Crippen molar-refractivity contribution in [1.82, 2.24) is 4.98 Å². The van der Waals surface area contributed by atoms with E-state index in [2.05, 4.69) is 15.6 Å². The monoisotopic (exact) mass is 209 g/mol. The Labute approximate surface area is 86.6 Å². The zero-order valence-electron chi connectivity index (χ0n) is 8.46. The standard InChI is InChI=1S/C9H11N3O3/c1-10-5-3-11-9-7(8(5)14-2)12-6(13)4-15-9/h3,10H,4H2,1-2H3,(H,12,13). The molecule has 1 aliphatic rings. The fourth-order valence-corrected chi connectivity index (χ4v) is 1.40. The van der Waals surface area contributed by atoms with Crippen LogP contribution < -0.4 is 20.1 Å². The molecule has 0 unspecified atom stereocenters. The largest absolute Gasteiger partial charge is 0.492 e. The van der Waals surface area contributed by atoms with E-state index in [-0.39, 0.29) is 12.5 Å². The third-order valence-electron chi connectivity index (χ3n) is 2.07. The molecule has 0 fully saturated rings. The van der Waals surface area contributed by atoms with Crippen LogP contribution in [0.25, 0.3) is 0 Å². The van der Waals surface area contributed by atoms with Gasteiger partial charge < -0.3 is 20.1 Å². The molecule has 6 nitrogen and oxygen atoms in total. The normalized spacial score (nSPS) is 13.6. The highest BCUT2D eigenvalue weighted by molar-refractivity contribution is 5.98. The van der Waals surface area contributed by atoms with E-state index in [1.165, 1.54) is 7.11 Å². The van der Waals surface area contributed by atoms with Crippen LogP contribution in [0, 0.1) is 0 Å². The molecule has 0 radical (unpaired) electrons. The highest BCUT2D eigenvalue weighted by atomic mass is 16.5. The number of hydrogen-bond donors (Lipinski definition) is 2. The zero-order valence-corrected chi connectivity index (χ0v) is 8.46. The average Bonchev–Trinajstić information content (AvgIpc) is 2.27. The molecule has 1 aliphatic heterocycles. The third-order valence-corrected chi connectivity index (χ3v) is 2.07. The van der Waals surface area contributed by atoms with Crippen molar-refractivity contribution in [2.75, 3.05) is 31.4 Å². The first-order valence-corrected chi connectivity index (χ1v) is 4.43. The van der Waals surface area contributed by atoms with Gasteiger partial charge in [-0.05, 0) is 0 Å². The lowest BCUT2D eigenvalue weighted by Gasteiger charge is -2.20. The van der Waals surface area contributed by atoms with E-state index < -0.39 is 0 Å². The van der Waals surface area contributed by atoms with Crippen molar-refractivity contribution in [2.45, 2.75) is 0 Å². The van der Waals surface area contributed by atoms with Gasteiger partial charge in [-0.25, -0.2) is 4.98 Å². The number of aromatic nitrogens is 1. The molecule has 0 atom stereocenters. The van der Waals surface area contributed by atoms with Crippen LogP contribution in [0.2, 0.25) is 0 Å². The minimum atomic E-state index is -0.212. The van der Waals surface area contributed by atoms with Crippen molar-refractivity contribution in [3.05, 3.63) is 6.20 Å². The molecule has 0 aromatic carbocycles. The van der Waals surface area contributed by atoms with Crippen molar-refractivity contribution in [3.8, 4) is 11.6 Å². The van der Waals surface area contributed by atoms with Crippen LogP contribution in [0.1, 0.15) is 0 Å². The summed E-state index contributed by atoms with van der Waals surface area (Å²) in [5.41, 5.74) is 1.17. The zero-order chi connectivity index (χ0) is 10.8. The molecule has 80 valence electrons. The molecule has 2 heterocycles. The van der Waals surface area contributed by atoms with Gasteiger partial charge in [0.1, 0.15) is 5.69 Å². The number of hydrogen-bond acceptors (Lipinski definition) is 5. The molecular formula is C9H11N3O3. The van der Waals surface area contributed by atoms with E-state index in [9.17, 15) is 4.79 Å². The Balaban J connectivity index is 2.52. The molecular weight excluding hydrogens is 198 g/mol. The summed E-state index contributed by atoms with van der Waals surface area (Å²) in [5.74, 6) is 0.692. The van der Waals surface area contributed by atoms with Crippen molar-refractivity contribution in [1.29, 1.82) is 0 Å². The van der Waals surface area contributed by atoms with Crippen LogP contribution in [-0.2, 0) is 4.79 Å². The SMILES string of the molecule is CNc1cnc2c(c1OC)NC(=O)CO2. The van der Waals surface area contributed by atoms with E-state index in [0.29, 0.717) is 23.0 Å². The van der Waals surface area contributed by atoms with Gasteiger partial charge in [0.2, 0.25) is 5.88 Å². The summed E-state index contributed by atoms with van der Waals surface area (Å²) in [6, 6.07) is 0. The molecule has 1 aromatic rings. The van der Waals surface area contributed by atoms with Crippen molar-refractivity contribution in [3.63, 3.8) is 0 Å². The first-order chi connectivity index (χ1) is 7.26. The van der Waals surface area contributed by atoms with Gasteiger partial charge in [-0.15, -0.1) is 0 Å². The third kappa shape index (κ3) is 1.54. The van der Waals surface area contributed by atoms with Gasteiger partial charge in [-0.1, -0.05) is 0 Å². The Morgan fingerprint density at radius 2 is 2.47 bits per heavy atom. The van der Waals surface area contributed by atoms with Crippen LogP contribution in [0.4, 0.5) is 11.4 Å². The average molecular weight is 209 g/mol. The van der Waals surface area contributed by atoms with Gasteiger partial charge in [0, 0.05) is 7.05 Å². The first kappa shape index (κ1) is 9.57. The fourth-order valence-electron chi connectivity index (χ4n) is 1.40. The Bertz CT molecular complexity index is 406. The molecule has 0 saturated carbocycles. The summed E-state index contributed by atoms with van der Waals surface area (Å²) >= 11 is 0. The molecule has 0 bridgehead atoms. The molecule has 6 heteroatoms. The number of rotatable bonds is 2. The molecule has 2 rings (SSSR count). The lowest BCUT2D eigenvalue weighted by Crippen LogP contribution is -2.26. The highest BCUT2D eigenvalue weighted by Crippen LogP contribution is 2.39. The summed E-state index contributed by atoms with van der Waals surface area (Å²) in [4.78, 5) is 15.2. The summed E-state index contributed by atoms with van der Waals surface area (Å²) in [6.45, 7) is -0.0119. The van der Waals surface area contributed by atoms with Gasteiger partial charge in [0.15, 0.2) is 12.4 Å². The van der Waals surface area contributed by atoms with Crippen LogP contribution >= 0.6 is 0 Å². The smallest absolute Gasteiger partial charge is 0.262 e. The molecule has 0 aliphatic carbocycles. The van der Waals surface area contributed by atoms with Crippen LogP contribution in [-0.4, -0.2) is 31.7 Å². The number of carbonyl (C=O) groups excluding carboxylic acids is 1. The van der Waals surface area contributed by atoms with E-state index in [1.807, 2.05) is 0 Å². The first-order valence-electron chi connectivity index (χ1n) is 4.43. The summed E-state index contributed by atoms with van der Waals surface area (Å²) in [7, 11) is 3.27. The molecule has 0 spiro atoms. The van der Waals surface area contributed by atoms with Gasteiger partial charge in [-0.3, -0.25) is 4.79 Å². The number of anilines is 2. The second kappa shape index (κ2) is 3.64. The fraction of sp³-hybridized carbons (Fsp3) is 0.333. The maximum Gasteiger partial charge on any atom is 0.262 e. The number of carbonyl (C=O) groups is 1. The number of pyridine rings is 1. The van der Waals surface area contributed by atoms with E-state index >= 15 is 0 Å². The topological polar surface area (TPSA) is 72.5 Å². The van der Waals surface area contributed by atoms with Gasteiger partial charge in [-0.2, -0.15) is 0 Å². The van der Waals surface area contributed by atoms with Crippen LogP contribution in [0.3, 0.4) is 0 Å². The van der Waals surface area contributed by atoms with Crippen LogP contribution in [0.15, 0.2) is 6.20 Å². The Morgan fingerprint density at radius 3 is 3.13 bits per heavy atom. The van der Waals surface area contributed by atoms with Gasteiger partial charge in [0.05, 0.1) is 19.0 Å². The second-order valence-electron chi connectivity index (χ2n) is 2.97. The predicted octanol–water partition coefficient (Wildman–Crippen LogP) is 0.463. The quantitative estimate of drug-likeness (QED) is 0.740. The number of amides is 1. The minimum Gasteiger partial charge on any atom is -0.492 e. The Morgan fingerprint density at radius 1 is 1.67 bits per heavy atom. The highest BCUT2D eigenvalue weighted by Gasteiger charge is 2.23. The molecule has 0 saturated heterocycles. The summed E-state index contributed by atoms with van der Waals surface area (Å²) in [6.07, 6.45) is 1.59. The second-order valence-corrected chi connectivity index (χ2v) is 2.97. The maximum absolute atomic E-state index is 11.2. The minimum absolute atomic E-state index is 0.0119. The molecule has 1 amide bonds. The number of fused-ring (bicyclic) bond motifs is 1. The van der Waals surface area contributed by atoms with Crippen molar-refractivity contribution in [2.24, 2.45) is 0 Å². The van der Waals surface area contributed by atoms with E-state index in [1.54, 1.807) is 13.2 Å². The van der Waals surface area contributed by atoms with Crippen molar-refractivity contribution >= 4 is 17.3 Å². The van der Waals surface area contributed by atoms with Crippen molar-refractivity contribution < 1.29 is 14.3 Å².